The van der Waals surface area contributed by atoms with E-state index in [1.54, 1.807) is 12.1 Å². The van der Waals surface area contributed by atoms with Gasteiger partial charge in [-0.2, -0.15) is 0 Å². The Labute approximate surface area is 167 Å². The molecule has 0 saturated heterocycles. The molecule has 0 aromatic heterocycles. The summed E-state index contributed by atoms with van der Waals surface area (Å²) in [4.78, 5) is 0. The highest BCUT2D eigenvalue weighted by atomic mass is 16.3. The molecule has 0 amide bonds. The maximum atomic E-state index is 8.81. The molecule has 1 aromatic carbocycles. The molecule has 0 atom stereocenters. The Morgan fingerprint density at radius 2 is 1.12 bits per heavy atom. The van der Waals surface area contributed by atoms with Gasteiger partial charge in [-0.25, -0.2) is 0 Å². The van der Waals surface area contributed by atoms with Crippen LogP contribution in [0.15, 0.2) is 24.3 Å². The van der Waals surface area contributed by atoms with Crippen LogP contribution in [-0.4, -0.2) is 5.11 Å². The van der Waals surface area contributed by atoms with Gasteiger partial charge in [-0.3, -0.25) is 0 Å². The van der Waals surface area contributed by atoms with Crippen LogP contribution in [0, 0.1) is 30.6 Å². The number of aromatic hydroxyl groups is 1. The molecule has 2 rings (SSSR count). The number of aryl methyl sites for hydroxylation is 1. The maximum Gasteiger partial charge on any atom is 0.115 e. The zero-order valence-electron chi connectivity index (χ0n) is 17.9. The number of hydrogen-bond donors (Lipinski definition) is 1. The lowest BCUT2D eigenvalue weighted by molar-refractivity contribution is 0.189. The van der Waals surface area contributed by atoms with Crippen LogP contribution >= 0.6 is 0 Å². The minimum Gasteiger partial charge on any atom is -0.508 e. The van der Waals surface area contributed by atoms with Gasteiger partial charge in [0.15, 0.2) is 0 Å². The van der Waals surface area contributed by atoms with Crippen molar-refractivity contribution in [1.82, 2.24) is 0 Å². The quantitative estimate of drug-likeness (QED) is 0.551. The van der Waals surface area contributed by atoms with Crippen LogP contribution in [0.1, 0.15) is 101 Å². The van der Waals surface area contributed by atoms with Crippen LogP contribution in [0.5, 0.6) is 5.75 Å². The van der Waals surface area contributed by atoms with Crippen molar-refractivity contribution < 1.29 is 5.11 Å². The fraction of sp³-hybridized carbons (Fsp3) is 0.760. The molecule has 1 N–H and O–H groups in total. The molecule has 0 radical (unpaired) electrons. The third kappa shape index (κ3) is 15.3. The number of hydrogen-bond acceptors (Lipinski definition) is 1. The van der Waals surface area contributed by atoms with Gasteiger partial charge in [0.05, 0.1) is 0 Å². The number of benzene rings is 1. The second kappa shape index (κ2) is 20.3. The molecule has 1 nitrogen and oxygen atoms in total. The topological polar surface area (TPSA) is 20.2 Å². The number of phenols is 1. The second-order valence-electron chi connectivity index (χ2n) is 7.00. The van der Waals surface area contributed by atoms with Gasteiger partial charge in [0.25, 0.3) is 0 Å². The molecule has 1 saturated carbocycles. The third-order valence-electron chi connectivity index (χ3n) is 4.70. The zero-order valence-corrected chi connectivity index (χ0v) is 17.9. The van der Waals surface area contributed by atoms with Gasteiger partial charge < -0.3 is 5.11 Å². The van der Waals surface area contributed by atoms with E-state index in [1.165, 1.54) is 25.7 Å². The number of phenolic OH excluding ortho intramolecular Hbond substituents is 1. The van der Waals surface area contributed by atoms with Crippen molar-refractivity contribution in [3.8, 4) is 5.75 Å². The van der Waals surface area contributed by atoms with Crippen molar-refractivity contribution in [3.05, 3.63) is 29.8 Å². The van der Waals surface area contributed by atoms with Crippen molar-refractivity contribution in [1.29, 1.82) is 0 Å². The lowest BCUT2D eigenvalue weighted by atomic mass is 9.73. The standard InChI is InChI=1S/C12H24.C7H8O.2C2H6.2CH4/c1-9(2)11-5-7-12(8-6-11)10(3)4;1-6-3-2-4-7(8)5-6;2*1-2;;/h9-12H,5-8H2,1-4H3;2-5,8H,1H3;2*1-2H3;2*1H4. The predicted octanol–water partition coefficient (Wildman–Crippen LogP) is 9.13. The first-order chi connectivity index (χ1) is 11.4. The van der Waals surface area contributed by atoms with E-state index in [0.29, 0.717) is 5.75 Å². The first kappa shape index (κ1) is 32.7. The summed E-state index contributed by atoms with van der Waals surface area (Å²) in [6.07, 6.45) is 5.95. The molecule has 1 aliphatic rings. The van der Waals surface area contributed by atoms with E-state index in [0.717, 1.165) is 29.2 Å². The average Bonchev–Trinajstić information content (AvgIpc) is 2.59. The second-order valence-corrected chi connectivity index (χ2v) is 7.00. The van der Waals surface area contributed by atoms with E-state index >= 15 is 0 Å². The zero-order chi connectivity index (χ0) is 19.1. The highest BCUT2D eigenvalue weighted by molar-refractivity contribution is 5.25. The van der Waals surface area contributed by atoms with Gasteiger partial charge in [-0.05, 0) is 74.0 Å². The summed E-state index contributed by atoms with van der Waals surface area (Å²) in [5, 5.41) is 8.81. The Bertz CT molecular complexity index is 340. The van der Waals surface area contributed by atoms with Crippen molar-refractivity contribution in [2.75, 3.05) is 0 Å². The molecule has 26 heavy (non-hydrogen) atoms. The Morgan fingerprint density at radius 3 is 1.31 bits per heavy atom. The molecule has 0 bridgehead atoms. The largest absolute Gasteiger partial charge is 0.508 e. The molecule has 158 valence electrons. The monoisotopic (exact) mass is 368 g/mol. The molecule has 0 heterocycles. The fourth-order valence-electron chi connectivity index (χ4n) is 3.11. The van der Waals surface area contributed by atoms with Gasteiger partial charge in [0.1, 0.15) is 5.75 Å². The van der Waals surface area contributed by atoms with Crippen molar-refractivity contribution in [3.63, 3.8) is 0 Å². The van der Waals surface area contributed by atoms with Gasteiger partial charge in [0.2, 0.25) is 0 Å². The lowest BCUT2D eigenvalue weighted by Gasteiger charge is -2.32. The van der Waals surface area contributed by atoms with Crippen LogP contribution < -0.4 is 0 Å². The van der Waals surface area contributed by atoms with E-state index < -0.39 is 0 Å². The highest BCUT2D eigenvalue weighted by Gasteiger charge is 2.24. The summed E-state index contributed by atoms with van der Waals surface area (Å²) in [5.74, 6) is 4.22. The Hall–Kier alpha value is -0.980. The SMILES string of the molecule is C.C.CC.CC.CC(C)C1CCC(C(C)C)CC1.Cc1cccc(O)c1. The molecular weight excluding hydrogens is 316 g/mol. The van der Waals surface area contributed by atoms with Crippen LogP contribution in [0.2, 0.25) is 0 Å². The highest BCUT2D eigenvalue weighted by Crippen LogP contribution is 2.36. The molecule has 1 aliphatic carbocycles. The summed E-state index contributed by atoms with van der Waals surface area (Å²) in [6.45, 7) is 19.4. The lowest BCUT2D eigenvalue weighted by Crippen LogP contribution is -2.21. The molecule has 0 aliphatic heterocycles. The van der Waals surface area contributed by atoms with Crippen LogP contribution in [0.3, 0.4) is 0 Å². The summed E-state index contributed by atoms with van der Waals surface area (Å²) >= 11 is 0. The van der Waals surface area contributed by atoms with Gasteiger partial charge in [0, 0.05) is 0 Å². The van der Waals surface area contributed by atoms with Crippen LogP contribution in [0.25, 0.3) is 0 Å². The van der Waals surface area contributed by atoms with Crippen molar-refractivity contribution in [2.45, 2.75) is 103 Å². The van der Waals surface area contributed by atoms with Gasteiger partial charge in [-0.15, -0.1) is 0 Å². The van der Waals surface area contributed by atoms with Gasteiger partial charge in [-0.1, -0.05) is 82.4 Å². The molecule has 0 spiro atoms. The smallest absolute Gasteiger partial charge is 0.115 e. The average molecular weight is 369 g/mol. The van der Waals surface area contributed by atoms with Crippen molar-refractivity contribution in [2.24, 2.45) is 23.7 Å². The predicted molar refractivity (Wildman–Crippen MR) is 124 cm³/mol. The summed E-state index contributed by atoms with van der Waals surface area (Å²) in [7, 11) is 0. The fourth-order valence-corrected chi connectivity index (χ4v) is 3.11. The molecule has 1 aromatic rings. The molecule has 0 unspecified atom stereocenters. The minimum atomic E-state index is 0. The Balaban J connectivity index is -0.000000152. The molecule has 1 fully saturated rings. The maximum absolute atomic E-state index is 8.81. The first-order valence-electron chi connectivity index (χ1n) is 10.2. The van der Waals surface area contributed by atoms with E-state index in [9.17, 15) is 0 Å². The normalized spacial score (nSPS) is 17.8. The first-order valence-corrected chi connectivity index (χ1v) is 10.2. The Morgan fingerprint density at radius 1 is 0.769 bits per heavy atom. The summed E-state index contributed by atoms with van der Waals surface area (Å²) in [5.41, 5.74) is 1.09. The van der Waals surface area contributed by atoms with Crippen LogP contribution in [0.4, 0.5) is 0 Å². The summed E-state index contributed by atoms with van der Waals surface area (Å²) < 4.78 is 0. The molecule has 1 heteroatoms. The van der Waals surface area contributed by atoms with E-state index in [4.69, 9.17) is 5.11 Å². The number of rotatable bonds is 2. The van der Waals surface area contributed by atoms with E-state index in [2.05, 4.69) is 27.7 Å². The van der Waals surface area contributed by atoms with Crippen LogP contribution in [-0.2, 0) is 0 Å². The van der Waals surface area contributed by atoms with E-state index in [-0.39, 0.29) is 14.9 Å². The van der Waals surface area contributed by atoms with Gasteiger partial charge >= 0.3 is 0 Å². The third-order valence-corrected chi connectivity index (χ3v) is 4.70. The van der Waals surface area contributed by atoms with E-state index in [1.807, 2.05) is 46.8 Å². The minimum absolute atomic E-state index is 0. The van der Waals surface area contributed by atoms with Crippen molar-refractivity contribution >= 4 is 0 Å². The Kier molecular flexibility index (Phi) is 25.6. The molecular formula is C25H52O. The summed E-state index contributed by atoms with van der Waals surface area (Å²) in [6, 6.07) is 7.15.